The summed E-state index contributed by atoms with van der Waals surface area (Å²) in [6, 6.07) is 0.404. The number of nitrogens with zero attached hydrogens (tertiary/aromatic N) is 1. The van der Waals surface area contributed by atoms with E-state index in [0.717, 1.165) is 25.9 Å². The fraction of sp³-hybridized carbons (Fsp3) is 0.917. The average molecular weight is 212 g/mol. The Labute approximate surface area is 93.2 Å². The van der Waals surface area contributed by atoms with Gasteiger partial charge < -0.3 is 10.2 Å². The second-order valence-corrected chi connectivity index (χ2v) is 4.46. The van der Waals surface area contributed by atoms with Gasteiger partial charge in [-0.1, -0.05) is 20.3 Å². The van der Waals surface area contributed by atoms with Gasteiger partial charge in [0.25, 0.3) is 0 Å². The highest BCUT2D eigenvalue weighted by molar-refractivity contribution is 5.76. The van der Waals surface area contributed by atoms with Crippen LogP contribution in [-0.4, -0.2) is 36.5 Å². The van der Waals surface area contributed by atoms with E-state index in [2.05, 4.69) is 17.1 Å². The minimum atomic E-state index is 0.222. The van der Waals surface area contributed by atoms with Crippen molar-refractivity contribution in [2.45, 2.75) is 52.0 Å². The highest BCUT2D eigenvalue weighted by Gasteiger charge is 2.22. The number of amides is 1. The Balaban J connectivity index is 2.15. The highest BCUT2D eigenvalue weighted by atomic mass is 16.1. The lowest BCUT2D eigenvalue weighted by Crippen LogP contribution is -2.37. The lowest BCUT2D eigenvalue weighted by atomic mass is 10.2. The SMILES string of the molecule is CCCCN1CCC(NC(=O)CCC)C1. The van der Waals surface area contributed by atoms with Gasteiger partial charge in [0.2, 0.25) is 5.91 Å². The first-order chi connectivity index (χ1) is 7.26. The molecule has 88 valence electrons. The first-order valence-corrected chi connectivity index (χ1v) is 6.28. The summed E-state index contributed by atoms with van der Waals surface area (Å²) in [7, 11) is 0. The van der Waals surface area contributed by atoms with Gasteiger partial charge in [-0.3, -0.25) is 4.79 Å². The summed E-state index contributed by atoms with van der Waals surface area (Å²) in [5.74, 6) is 0.222. The monoisotopic (exact) mass is 212 g/mol. The molecular weight excluding hydrogens is 188 g/mol. The summed E-state index contributed by atoms with van der Waals surface area (Å²) in [6.07, 6.45) is 5.27. The van der Waals surface area contributed by atoms with Crippen molar-refractivity contribution < 1.29 is 4.79 Å². The zero-order chi connectivity index (χ0) is 11.1. The average Bonchev–Trinajstić information content (AvgIpc) is 2.63. The van der Waals surface area contributed by atoms with Crippen molar-refractivity contribution in [3.8, 4) is 0 Å². The first-order valence-electron chi connectivity index (χ1n) is 6.28. The normalized spacial score (nSPS) is 21.9. The molecule has 1 atom stereocenters. The van der Waals surface area contributed by atoms with Gasteiger partial charge in [0.05, 0.1) is 0 Å². The molecule has 3 heteroatoms. The number of hydrogen-bond donors (Lipinski definition) is 1. The molecule has 0 aromatic carbocycles. The van der Waals surface area contributed by atoms with Crippen molar-refractivity contribution in [3.63, 3.8) is 0 Å². The molecule has 1 fully saturated rings. The molecule has 1 unspecified atom stereocenters. The second kappa shape index (κ2) is 6.83. The third-order valence-corrected chi connectivity index (χ3v) is 2.94. The van der Waals surface area contributed by atoms with E-state index in [1.807, 2.05) is 6.92 Å². The maximum Gasteiger partial charge on any atom is 0.220 e. The van der Waals surface area contributed by atoms with Crippen LogP contribution in [0.3, 0.4) is 0 Å². The largest absolute Gasteiger partial charge is 0.352 e. The maximum absolute atomic E-state index is 11.4. The van der Waals surface area contributed by atoms with E-state index >= 15 is 0 Å². The van der Waals surface area contributed by atoms with Crippen LogP contribution in [0.2, 0.25) is 0 Å². The quantitative estimate of drug-likeness (QED) is 0.728. The van der Waals surface area contributed by atoms with Gasteiger partial charge in [0.15, 0.2) is 0 Å². The van der Waals surface area contributed by atoms with Gasteiger partial charge in [-0.25, -0.2) is 0 Å². The Kier molecular flexibility index (Phi) is 5.69. The summed E-state index contributed by atoms with van der Waals surface area (Å²) in [5.41, 5.74) is 0. The zero-order valence-corrected chi connectivity index (χ0v) is 10.1. The second-order valence-electron chi connectivity index (χ2n) is 4.46. The summed E-state index contributed by atoms with van der Waals surface area (Å²) in [6.45, 7) is 7.65. The molecule has 0 aromatic heterocycles. The molecule has 1 rings (SSSR count). The third kappa shape index (κ3) is 4.65. The minimum absolute atomic E-state index is 0.222. The predicted molar refractivity (Wildman–Crippen MR) is 62.8 cm³/mol. The minimum Gasteiger partial charge on any atom is -0.352 e. The van der Waals surface area contributed by atoms with E-state index in [1.54, 1.807) is 0 Å². The molecule has 0 radical (unpaired) electrons. The van der Waals surface area contributed by atoms with Crippen molar-refractivity contribution >= 4 is 5.91 Å². The number of carbonyl (C=O) groups is 1. The number of nitrogens with one attached hydrogen (secondary N) is 1. The Bertz CT molecular complexity index is 194. The molecular formula is C12H24N2O. The molecule has 0 saturated carbocycles. The van der Waals surface area contributed by atoms with Crippen LogP contribution in [-0.2, 0) is 4.79 Å². The molecule has 1 amide bonds. The molecule has 1 heterocycles. The lowest BCUT2D eigenvalue weighted by Gasteiger charge is -2.16. The number of likely N-dealkylation sites (tertiary alicyclic amines) is 1. The molecule has 0 spiro atoms. The number of hydrogen-bond acceptors (Lipinski definition) is 2. The Morgan fingerprint density at radius 2 is 2.20 bits per heavy atom. The lowest BCUT2D eigenvalue weighted by molar-refractivity contribution is -0.121. The van der Waals surface area contributed by atoms with Gasteiger partial charge >= 0.3 is 0 Å². The fourth-order valence-electron chi connectivity index (χ4n) is 2.06. The molecule has 1 N–H and O–H groups in total. The summed E-state index contributed by atoms with van der Waals surface area (Å²) in [5, 5.41) is 3.11. The molecule has 15 heavy (non-hydrogen) atoms. The van der Waals surface area contributed by atoms with Crippen LogP contribution in [0.25, 0.3) is 0 Å². The Hall–Kier alpha value is -0.570. The van der Waals surface area contributed by atoms with E-state index in [-0.39, 0.29) is 5.91 Å². The van der Waals surface area contributed by atoms with Gasteiger partial charge in [0.1, 0.15) is 0 Å². The van der Waals surface area contributed by atoms with Crippen LogP contribution in [0.4, 0.5) is 0 Å². The number of carbonyl (C=O) groups excluding carboxylic acids is 1. The van der Waals surface area contributed by atoms with Crippen molar-refractivity contribution in [1.29, 1.82) is 0 Å². The van der Waals surface area contributed by atoms with Crippen LogP contribution >= 0.6 is 0 Å². The topological polar surface area (TPSA) is 32.3 Å². The van der Waals surface area contributed by atoms with Gasteiger partial charge in [0, 0.05) is 25.6 Å². The number of rotatable bonds is 6. The van der Waals surface area contributed by atoms with Crippen LogP contribution in [0, 0.1) is 0 Å². The molecule has 0 aliphatic carbocycles. The Morgan fingerprint density at radius 1 is 1.40 bits per heavy atom. The first kappa shape index (κ1) is 12.5. The van der Waals surface area contributed by atoms with Crippen molar-refractivity contribution in [2.75, 3.05) is 19.6 Å². The zero-order valence-electron chi connectivity index (χ0n) is 10.1. The van der Waals surface area contributed by atoms with Crippen LogP contribution < -0.4 is 5.32 Å². The van der Waals surface area contributed by atoms with Gasteiger partial charge in [-0.05, 0) is 25.8 Å². The molecule has 1 saturated heterocycles. The van der Waals surface area contributed by atoms with Crippen LogP contribution in [0.15, 0.2) is 0 Å². The maximum atomic E-state index is 11.4. The van der Waals surface area contributed by atoms with E-state index < -0.39 is 0 Å². The standard InChI is InChI=1S/C12H24N2O/c1-3-5-8-14-9-7-11(10-14)13-12(15)6-4-2/h11H,3-10H2,1-2H3,(H,13,15). The summed E-state index contributed by atoms with van der Waals surface area (Å²) in [4.78, 5) is 13.8. The third-order valence-electron chi connectivity index (χ3n) is 2.94. The van der Waals surface area contributed by atoms with Gasteiger partial charge in [-0.2, -0.15) is 0 Å². The van der Waals surface area contributed by atoms with Crippen LogP contribution in [0.5, 0.6) is 0 Å². The summed E-state index contributed by atoms with van der Waals surface area (Å²) >= 11 is 0. The fourth-order valence-corrected chi connectivity index (χ4v) is 2.06. The van der Waals surface area contributed by atoms with Crippen molar-refractivity contribution in [1.82, 2.24) is 10.2 Å². The van der Waals surface area contributed by atoms with Gasteiger partial charge in [-0.15, -0.1) is 0 Å². The summed E-state index contributed by atoms with van der Waals surface area (Å²) < 4.78 is 0. The molecule has 1 aliphatic heterocycles. The van der Waals surface area contributed by atoms with Crippen molar-refractivity contribution in [3.05, 3.63) is 0 Å². The highest BCUT2D eigenvalue weighted by Crippen LogP contribution is 2.10. The van der Waals surface area contributed by atoms with E-state index in [0.29, 0.717) is 12.5 Å². The van der Waals surface area contributed by atoms with Crippen molar-refractivity contribution in [2.24, 2.45) is 0 Å². The van der Waals surface area contributed by atoms with E-state index in [1.165, 1.54) is 19.4 Å². The molecule has 3 nitrogen and oxygen atoms in total. The smallest absolute Gasteiger partial charge is 0.220 e. The number of unbranched alkanes of at least 4 members (excludes halogenated alkanes) is 1. The molecule has 0 aromatic rings. The molecule has 1 aliphatic rings. The van der Waals surface area contributed by atoms with Crippen LogP contribution in [0.1, 0.15) is 46.0 Å². The molecule has 0 bridgehead atoms. The van der Waals surface area contributed by atoms with E-state index in [9.17, 15) is 4.79 Å². The van der Waals surface area contributed by atoms with E-state index in [4.69, 9.17) is 0 Å². The predicted octanol–water partition coefficient (Wildman–Crippen LogP) is 1.78. The Morgan fingerprint density at radius 3 is 2.87 bits per heavy atom.